The third kappa shape index (κ3) is 4.82. The van der Waals surface area contributed by atoms with E-state index in [9.17, 15) is 13.2 Å². The topological polar surface area (TPSA) is 66.9 Å². The number of carbonyl (C=O) groups excluding carboxylic acids is 1. The van der Waals surface area contributed by atoms with Crippen molar-refractivity contribution in [3.05, 3.63) is 48.5 Å². The minimum Gasteiger partial charge on any atom is -0.494 e. The van der Waals surface area contributed by atoms with E-state index >= 15 is 0 Å². The average Bonchev–Trinajstić information content (AvgIpc) is 2.97. The van der Waals surface area contributed by atoms with Gasteiger partial charge in [-0.15, -0.1) is 11.8 Å². The Labute approximate surface area is 195 Å². The van der Waals surface area contributed by atoms with Gasteiger partial charge in [0.05, 0.1) is 17.2 Å². The Morgan fingerprint density at radius 2 is 1.72 bits per heavy atom. The van der Waals surface area contributed by atoms with E-state index in [1.165, 1.54) is 4.31 Å². The lowest BCUT2D eigenvalue weighted by Gasteiger charge is -2.33. The molecule has 32 heavy (non-hydrogen) atoms. The molecule has 0 radical (unpaired) electrons. The standard InChI is InChI=1S/C24H30N2O4S2/c1-3-30-20-8-10-21(11-9-20)32(28,29)25-15-13-19(14-16-25)24(27)26-17-12-18(2)31-23-7-5-4-6-22(23)26/h4-11,18-19H,3,12-17H2,1-2H3/t18-/m0/s1. The van der Waals surface area contributed by atoms with Crippen molar-refractivity contribution < 1.29 is 17.9 Å². The number of carbonyl (C=O) groups is 1. The summed E-state index contributed by atoms with van der Waals surface area (Å²) in [6, 6.07) is 14.6. The number of thioether (sulfide) groups is 1. The molecule has 1 saturated heterocycles. The van der Waals surface area contributed by atoms with Crippen LogP contribution in [0.15, 0.2) is 58.3 Å². The minimum absolute atomic E-state index is 0.116. The van der Waals surface area contributed by atoms with Gasteiger partial charge in [0, 0.05) is 35.7 Å². The van der Waals surface area contributed by atoms with Crippen molar-refractivity contribution in [2.24, 2.45) is 5.92 Å². The Balaban J connectivity index is 1.44. The molecule has 0 aromatic heterocycles. The number of fused-ring (bicyclic) bond motifs is 1. The molecule has 0 bridgehead atoms. The lowest BCUT2D eigenvalue weighted by Crippen LogP contribution is -2.44. The van der Waals surface area contributed by atoms with Crippen molar-refractivity contribution in [1.82, 2.24) is 4.31 Å². The van der Waals surface area contributed by atoms with Crippen molar-refractivity contribution in [3.8, 4) is 5.75 Å². The highest BCUT2D eigenvalue weighted by molar-refractivity contribution is 8.00. The summed E-state index contributed by atoms with van der Waals surface area (Å²) in [5.41, 5.74) is 0.983. The second-order valence-electron chi connectivity index (χ2n) is 8.26. The molecule has 172 valence electrons. The number of sulfonamides is 1. The van der Waals surface area contributed by atoms with Gasteiger partial charge in [0.2, 0.25) is 15.9 Å². The molecule has 2 aromatic carbocycles. The van der Waals surface area contributed by atoms with Gasteiger partial charge in [-0.2, -0.15) is 4.31 Å². The van der Waals surface area contributed by atoms with Crippen molar-refractivity contribution in [2.75, 3.05) is 31.1 Å². The molecule has 2 aliphatic rings. The Bertz CT molecular complexity index is 1050. The number of hydrogen-bond donors (Lipinski definition) is 0. The molecule has 1 fully saturated rings. The molecule has 1 amide bonds. The third-order valence-electron chi connectivity index (χ3n) is 6.09. The number of nitrogens with zero attached hydrogens (tertiary/aromatic N) is 2. The molecule has 4 rings (SSSR count). The van der Waals surface area contributed by atoms with Crippen molar-refractivity contribution in [2.45, 2.75) is 48.2 Å². The smallest absolute Gasteiger partial charge is 0.243 e. The summed E-state index contributed by atoms with van der Waals surface area (Å²) >= 11 is 1.82. The van der Waals surface area contributed by atoms with Gasteiger partial charge in [-0.25, -0.2) is 8.42 Å². The molecule has 8 heteroatoms. The average molecular weight is 475 g/mol. The van der Waals surface area contributed by atoms with Gasteiger partial charge in [0.15, 0.2) is 0 Å². The van der Waals surface area contributed by atoms with Crippen LogP contribution in [0.4, 0.5) is 5.69 Å². The normalized spacial score (nSPS) is 20.4. The fraction of sp³-hybridized carbons (Fsp3) is 0.458. The number of amides is 1. The van der Waals surface area contributed by atoms with Crippen LogP contribution in [-0.2, 0) is 14.8 Å². The highest BCUT2D eigenvalue weighted by Gasteiger charge is 2.35. The Morgan fingerprint density at radius 1 is 1.03 bits per heavy atom. The van der Waals surface area contributed by atoms with E-state index in [4.69, 9.17) is 4.74 Å². The summed E-state index contributed by atoms with van der Waals surface area (Å²) < 4.78 is 33.0. The Morgan fingerprint density at radius 3 is 2.41 bits per heavy atom. The number of piperidine rings is 1. The first-order valence-electron chi connectivity index (χ1n) is 11.2. The number of para-hydroxylation sites is 1. The van der Waals surface area contributed by atoms with Crippen LogP contribution in [0.25, 0.3) is 0 Å². The molecule has 0 spiro atoms. The van der Waals surface area contributed by atoms with Gasteiger partial charge < -0.3 is 9.64 Å². The molecule has 2 aromatic rings. The molecular formula is C24H30N2O4S2. The van der Waals surface area contributed by atoms with Crippen molar-refractivity contribution in [1.29, 1.82) is 0 Å². The van der Waals surface area contributed by atoms with Gasteiger partial charge in [0.25, 0.3) is 0 Å². The van der Waals surface area contributed by atoms with E-state index in [0.29, 0.717) is 50.1 Å². The van der Waals surface area contributed by atoms with E-state index in [1.807, 2.05) is 41.8 Å². The van der Waals surface area contributed by atoms with Crippen molar-refractivity contribution >= 4 is 33.4 Å². The number of hydrogen-bond acceptors (Lipinski definition) is 5. The first-order valence-corrected chi connectivity index (χ1v) is 13.5. The maximum Gasteiger partial charge on any atom is 0.243 e. The lowest BCUT2D eigenvalue weighted by molar-refractivity contribution is -0.123. The number of ether oxygens (including phenoxy) is 1. The van der Waals surface area contributed by atoms with E-state index in [2.05, 4.69) is 13.0 Å². The zero-order valence-corrected chi connectivity index (χ0v) is 20.2. The number of benzene rings is 2. The lowest BCUT2D eigenvalue weighted by atomic mass is 9.96. The highest BCUT2D eigenvalue weighted by atomic mass is 32.2. The predicted molar refractivity (Wildman–Crippen MR) is 128 cm³/mol. The highest BCUT2D eigenvalue weighted by Crippen LogP contribution is 2.38. The van der Waals surface area contributed by atoms with Gasteiger partial charge in [-0.1, -0.05) is 19.1 Å². The quantitative estimate of drug-likeness (QED) is 0.642. The summed E-state index contributed by atoms with van der Waals surface area (Å²) in [4.78, 5) is 16.8. The first kappa shape index (κ1) is 23.1. The first-order chi connectivity index (χ1) is 15.4. The molecule has 0 unspecified atom stereocenters. The Kier molecular flexibility index (Phi) is 7.12. The minimum atomic E-state index is -3.58. The summed E-state index contributed by atoms with van der Waals surface area (Å²) in [6.07, 6.45) is 2.02. The molecule has 2 aliphatic heterocycles. The largest absolute Gasteiger partial charge is 0.494 e. The molecule has 0 N–H and O–H groups in total. The number of rotatable bonds is 5. The van der Waals surface area contributed by atoms with Crippen LogP contribution < -0.4 is 9.64 Å². The van der Waals surface area contributed by atoms with Crippen LogP contribution in [0.2, 0.25) is 0 Å². The van der Waals surface area contributed by atoms with E-state index in [0.717, 1.165) is 17.0 Å². The van der Waals surface area contributed by atoms with E-state index in [-0.39, 0.29) is 16.7 Å². The SMILES string of the molecule is CCOc1ccc(S(=O)(=O)N2CCC(C(=O)N3CC[C@H](C)Sc4ccccc43)CC2)cc1. The second kappa shape index (κ2) is 9.85. The summed E-state index contributed by atoms with van der Waals surface area (Å²) in [7, 11) is -3.58. The monoisotopic (exact) mass is 474 g/mol. The maximum atomic E-state index is 13.4. The van der Waals surface area contributed by atoms with Gasteiger partial charge in [0.1, 0.15) is 5.75 Å². The van der Waals surface area contributed by atoms with Crippen LogP contribution in [0.1, 0.15) is 33.1 Å². The summed E-state index contributed by atoms with van der Waals surface area (Å²) in [6.45, 7) is 6.03. The fourth-order valence-electron chi connectivity index (χ4n) is 4.30. The summed E-state index contributed by atoms with van der Waals surface area (Å²) in [5, 5.41) is 0.454. The maximum absolute atomic E-state index is 13.4. The zero-order valence-electron chi connectivity index (χ0n) is 18.6. The van der Waals surface area contributed by atoms with Crippen LogP contribution in [0.3, 0.4) is 0 Å². The van der Waals surface area contributed by atoms with E-state index in [1.54, 1.807) is 24.3 Å². The van der Waals surface area contributed by atoms with Crippen LogP contribution in [0.5, 0.6) is 5.75 Å². The van der Waals surface area contributed by atoms with E-state index < -0.39 is 10.0 Å². The summed E-state index contributed by atoms with van der Waals surface area (Å²) in [5.74, 6) is 0.611. The molecule has 2 heterocycles. The predicted octanol–water partition coefficient (Wildman–Crippen LogP) is 4.40. The van der Waals surface area contributed by atoms with Gasteiger partial charge in [-0.3, -0.25) is 4.79 Å². The molecule has 6 nitrogen and oxygen atoms in total. The van der Waals surface area contributed by atoms with Crippen molar-refractivity contribution in [3.63, 3.8) is 0 Å². The second-order valence-corrected chi connectivity index (χ2v) is 11.7. The third-order valence-corrected chi connectivity index (χ3v) is 9.24. The van der Waals surface area contributed by atoms with Crippen LogP contribution >= 0.6 is 11.8 Å². The molecular weight excluding hydrogens is 444 g/mol. The zero-order chi connectivity index (χ0) is 22.7. The molecule has 0 aliphatic carbocycles. The molecule has 1 atom stereocenters. The Hall–Kier alpha value is -2.03. The van der Waals surface area contributed by atoms with Gasteiger partial charge in [-0.05, 0) is 62.6 Å². The fourth-order valence-corrected chi connectivity index (χ4v) is 6.89. The number of anilines is 1. The van der Waals surface area contributed by atoms with Crippen LogP contribution in [-0.4, -0.2) is 50.1 Å². The van der Waals surface area contributed by atoms with Gasteiger partial charge >= 0.3 is 0 Å². The molecule has 0 saturated carbocycles. The van der Waals surface area contributed by atoms with Crippen LogP contribution in [0, 0.1) is 5.92 Å².